The van der Waals surface area contributed by atoms with Crippen molar-refractivity contribution in [3.8, 4) is 0 Å². The van der Waals surface area contributed by atoms with Crippen LogP contribution in [0, 0.1) is 5.82 Å². The highest BCUT2D eigenvalue weighted by Crippen LogP contribution is 2.34. The van der Waals surface area contributed by atoms with Gasteiger partial charge in [-0.3, -0.25) is 0 Å². The number of rotatable bonds is 3. The lowest BCUT2D eigenvalue weighted by molar-refractivity contribution is 0.624. The maximum Gasteiger partial charge on any atom is 0.123 e. The molecule has 106 valence electrons. The second-order valence-electron chi connectivity index (χ2n) is 5.43. The molecule has 20 heavy (non-hydrogen) atoms. The van der Waals surface area contributed by atoms with E-state index in [9.17, 15) is 4.39 Å². The van der Waals surface area contributed by atoms with Gasteiger partial charge in [-0.05, 0) is 62.1 Å². The summed E-state index contributed by atoms with van der Waals surface area (Å²) in [6.45, 7) is 0. The van der Waals surface area contributed by atoms with Crippen LogP contribution in [-0.2, 0) is 12.8 Å². The fraction of sp³-hybridized carbons (Fsp3) is 0.412. The average Bonchev–Trinajstić information content (AvgIpc) is 2.72. The first-order chi connectivity index (χ1) is 9.78. The molecule has 0 spiro atoms. The van der Waals surface area contributed by atoms with Crippen LogP contribution in [0.4, 0.5) is 4.39 Å². The van der Waals surface area contributed by atoms with Crippen LogP contribution in [0.2, 0.25) is 0 Å². The topological polar surface area (TPSA) is 12.0 Å². The highest BCUT2D eigenvalue weighted by molar-refractivity contribution is 7.12. The van der Waals surface area contributed by atoms with E-state index in [-0.39, 0.29) is 11.9 Å². The fourth-order valence-corrected chi connectivity index (χ4v) is 4.36. The van der Waals surface area contributed by atoms with E-state index in [1.54, 1.807) is 4.88 Å². The number of fused-ring (bicyclic) bond motifs is 1. The van der Waals surface area contributed by atoms with Crippen molar-refractivity contribution < 1.29 is 4.39 Å². The van der Waals surface area contributed by atoms with E-state index in [0.717, 1.165) is 5.56 Å². The van der Waals surface area contributed by atoms with E-state index in [0.29, 0.717) is 0 Å². The Morgan fingerprint density at radius 2 is 1.85 bits per heavy atom. The molecule has 0 fully saturated rings. The Kier molecular flexibility index (Phi) is 4.18. The van der Waals surface area contributed by atoms with Crippen molar-refractivity contribution >= 4 is 11.3 Å². The third-order valence-corrected chi connectivity index (χ3v) is 5.34. The molecule has 1 N–H and O–H groups in total. The summed E-state index contributed by atoms with van der Waals surface area (Å²) >= 11 is 1.92. The van der Waals surface area contributed by atoms with Gasteiger partial charge in [0, 0.05) is 9.75 Å². The molecule has 1 aromatic heterocycles. The molecule has 1 atom stereocenters. The molecule has 3 heteroatoms. The number of hydrogen-bond acceptors (Lipinski definition) is 2. The van der Waals surface area contributed by atoms with E-state index in [1.807, 2.05) is 30.5 Å². The van der Waals surface area contributed by atoms with Crippen molar-refractivity contribution in [2.75, 3.05) is 7.05 Å². The molecule has 0 amide bonds. The quantitative estimate of drug-likeness (QED) is 0.822. The van der Waals surface area contributed by atoms with Gasteiger partial charge in [-0.1, -0.05) is 18.6 Å². The maximum absolute atomic E-state index is 13.1. The van der Waals surface area contributed by atoms with Gasteiger partial charge in [0.15, 0.2) is 0 Å². The highest BCUT2D eigenvalue weighted by Gasteiger charge is 2.18. The molecule has 1 aliphatic rings. The molecule has 1 unspecified atom stereocenters. The van der Waals surface area contributed by atoms with Crippen LogP contribution in [0.5, 0.6) is 0 Å². The molecule has 0 saturated heterocycles. The lowest BCUT2D eigenvalue weighted by atomic mass is 10.0. The molecule has 1 aliphatic carbocycles. The molecule has 0 aliphatic heterocycles. The van der Waals surface area contributed by atoms with E-state index in [4.69, 9.17) is 0 Å². The summed E-state index contributed by atoms with van der Waals surface area (Å²) in [6.07, 6.45) is 6.41. The van der Waals surface area contributed by atoms with Gasteiger partial charge in [-0.25, -0.2) is 4.39 Å². The summed E-state index contributed by atoms with van der Waals surface area (Å²) in [5.41, 5.74) is 2.66. The van der Waals surface area contributed by atoms with Crippen molar-refractivity contribution in [1.29, 1.82) is 0 Å². The fourth-order valence-electron chi connectivity index (χ4n) is 2.96. The number of aryl methyl sites for hydroxylation is 2. The van der Waals surface area contributed by atoms with Crippen LogP contribution in [0.15, 0.2) is 30.3 Å². The Morgan fingerprint density at radius 1 is 1.10 bits per heavy atom. The zero-order valence-corrected chi connectivity index (χ0v) is 12.6. The summed E-state index contributed by atoms with van der Waals surface area (Å²) in [7, 11) is 1.97. The minimum Gasteiger partial charge on any atom is -0.309 e. The van der Waals surface area contributed by atoms with Crippen molar-refractivity contribution in [2.24, 2.45) is 0 Å². The number of nitrogens with one attached hydrogen (secondary N) is 1. The number of halogens is 1. The summed E-state index contributed by atoms with van der Waals surface area (Å²) in [5.74, 6) is -0.175. The SMILES string of the molecule is CNC(c1ccc(F)cc1)c1cc2c(s1)CCCCC2. The Bertz CT molecular complexity index is 550. The van der Waals surface area contributed by atoms with Crippen molar-refractivity contribution in [2.45, 2.75) is 38.1 Å². The van der Waals surface area contributed by atoms with Crippen molar-refractivity contribution in [3.05, 3.63) is 57.0 Å². The Hall–Kier alpha value is -1.19. The van der Waals surface area contributed by atoms with Crippen LogP contribution >= 0.6 is 11.3 Å². The second kappa shape index (κ2) is 6.06. The predicted octanol–water partition coefficient (Wildman–Crippen LogP) is 4.46. The van der Waals surface area contributed by atoms with Gasteiger partial charge in [-0.2, -0.15) is 0 Å². The third kappa shape index (κ3) is 2.79. The summed E-state index contributed by atoms with van der Waals surface area (Å²) in [6, 6.07) is 9.36. The molecule has 0 bridgehead atoms. The van der Waals surface area contributed by atoms with Gasteiger partial charge in [-0.15, -0.1) is 11.3 Å². The monoisotopic (exact) mass is 289 g/mol. The molecule has 1 heterocycles. The van der Waals surface area contributed by atoms with Gasteiger partial charge in [0.05, 0.1) is 6.04 Å². The normalized spacial score (nSPS) is 16.5. The van der Waals surface area contributed by atoms with Crippen LogP contribution < -0.4 is 5.32 Å². The zero-order valence-electron chi connectivity index (χ0n) is 11.8. The van der Waals surface area contributed by atoms with Crippen LogP contribution in [0.25, 0.3) is 0 Å². The summed E-state index contributed by atoms with van der Waals surface area (Å²) in [4.78, 5) is 2.91. The minimum absolute atomic E-state index is 0.174. The molecule has 1 nitrogen and oxygen atoms in total. The van der Waals surface area contributed by atoms with E-state index in [1.165, 1.54) is 54.7 Å². The molecule has 0 saturated carbocycles. The minimum atomic E-state index is -0.175. The number of thiophene rings is 1. The highest BCUT2D eigenvalue weighted by atomic mass is 32.1. The summed E-state index contributed by atoms with van der Waals surface area (Å²) in [5, 5.41) is 3.37. The van der Waals surface area contributed by atoms with Gasteiger partial charge < -0.3 is 5.32 Å². The Balaban J connectivity index is 1.91. The van der Waals surface area contributed by atoms with Gasteiger partial charge >= 0.3 is 0 Å². The summed E-state index contributed by atoms with van der Waals surface area (Å²) < 4.78 is 13.1. The van der Waals surface area contributed by atoms with E-state index >= 15 is 0 Å². The standard InChI is InChI=1S/C17H20FNS/c1-19-17(12-7-9-14(18)10-8-12)16-11-13-5-3-2-4-6-15(13)20-16/h7-11,17,19H,2-6H2,1H3. The first kappa shape index (κ1) is 13.8. The zero-order chi connectivity index (χ0) is 13.9. The second-order valence-corrected chi connectivity index (χ2v) is 6.60. The van der Waals surface area contributed by atoms with Crippen molar-refractivity contribution in [1.82, 2.24) is 5.32 Å². The average molecular weight is 289 g/mol. The molecular weight excluding hydrogens is 269 g/mol. The van der Waals surface area contributed by atoms with E-state index in [2.05, 4.69) is 11.4 Å². The number of hydrogen-bond donors (Lipinski definition) is 1. The third-order valence-electron chi connectivity index (χ3n) is 4.04. The van der Waals surface area contributed by atoms with Crippen LogP contribution in [-0.4, -0.2) is 7.05 Å². The molecule has 2 aromatic rings. The lowest BCUT2D eigenvalue weighted by Gasteiger charge is -2.15. The Labute approximate surface area is 123 Å². The maximum atomic E-state index is 13.1. The van der Waals surface area contributed by atoms with Gasteiger partial charge in [0.25, 0.3) is 0 Å². The largest absolute Gasteiger partial charge is 0.309 e. The first-order valence-electron chi connectivity index (χ1n) is 7.32. The Morgan fingerprint density at radius 3 is 2.60 bits per heavy atom. The molecule has 3 rings (SSSR count). The molecular formula is C17H20FNS. The first-order valence-corrected chi connectivity index (χ1v) is 8.14. The molecule has 1 aromatic carbocycles. The van der Waals surface area contributed by atoms with Crippen molar-refractivity contribution in [3.63, 3.8) is 0 Å². The van der Waals surface area contributed by atoms with Crippen LogP contribution in [0.3, 0.4) is 0 Å². The van der Waals surface area contributed by atoms with Gasteiger partial charge in [0.2, 0.25) is 0 Å². The predicted molar refractivity (Wildman–Crippen MR) is 82.9 cm³/mol. The number of benzene rings is 1. The van der Waals surface area contributed by atoms with Crippen LogP contribution in [0.1, 0.15) is 46.2 Å². The lowest BCUT2D eigenvalue weighted by Crippen LogP contribution is -2.16. The molecule has 0 radical (unpaired) electrons. The smallest absolute Gasteiger partial charge is 0.123 e. The van der Waals surface area contributed by atoms with Gasteiger partial charge in [0.1, 0.15) is 5.82 Å². The van der Waals surface area contributed by atoms with E-state index < -0.39 is 0 Å².